The lowest BCUT2D eigenvalue weighted by Gasteiger charge is -2.22. The molecule has 5 nitrogen and oxygen atoms in total. The van der Waals surface area contributed by atoms with E-state index in [0.29, 0.717) is 12.3 Å². The van der Waals surface area contributed by atoms with Gasteiger partial charge in [-0.05, 0) is 19.8 Å². The van der Waals surface area contributed by atoms with E-state index in [4.69, 9.17) is 10.3 Å². The van der Waals surface area contributed by atoms with Gasteiger partial charge in [0, 0.05) is 24.7 Å². The first-order chi connectivity index (χ1) is 7.24. The molecule has 15 heavy (non-hydrogen) atoms. The zero-order valence-electron chi connectivity index (χ0n) is 8.77. The lowest BCUT2D eigenvalue weighted by Crippen LogP contribution is -2.40. The molecule has 2 N–H and O–H groups in total. The van der Waals surface area contributed by atoms with Gasteiger partial charge in [0.25, 0.3) is 5.91 Å². The quantitative estimate of drug-likeness (QED) is 0.771. The molecule has 82 valence electrons. The second kappa shape index (κ2) is 4.02. The third-order valence-electron chi connectivity index (χ3n) is 2.85. The molecular weight excluding hydrogens is 194 g/mol. The lowest BCUT2D eigenvalue weighted by molar-refractivity contribution is 0.0698. The Labute approximate surface area is 88.2 Å². The van der Waals surface area contributed by atoms with Crippen LogP contribution in [0.4, 0.5) is 0 Å². The van der Waals surface area contributed by atoms with Crippen molar-refractivity contribution in [3.05, 3.63) is 17.5 Å². The molecule has 0 radical (unpaired) electrons. The van der Waals surface area contributed by atoms with Crippen molar-refractivity contribution in [3.8, 4) is 0 Å². The highest BCUT2D eigenvalue weighted by molar-refractivity contribution is 5.93. The molecule has 1 aromatic rings. The van der Waals surface area contributed by atoms with Crippen LogP contribution in [0.5, 0.6) is 0 Å². The largest absolute Gasteiger partial charge is 0.351 e. The van der Waals surface area contributed by atoms with Crippen molar-refractivity contribution in [2.45, 2.75) is 25.8 Å². The number of amides is 1. The van der Waals surface area contributed by atoms with Crippen LogP contribution in [0, 0.1) is 6.92 Å². The average molecular weight is 209 g/mol. The summed E-state index contributed by atoms with van der Waals surface area (Å²) in [4.78, 5) is 13.8. The van der Waals surface area contributed by atoms with Crippen LogP contribution in [-0.2, 0) is 0 Å². The fourth-order valence-corrected chi connectivity index (χ4v) is 1.98. The number of nitrogens with two attached hydrogens (primary N) is 1. The maximum absolute atomic E-state index is 12.0. The summed E-state index contributed by atoms with van der Waals surface area (Å²) in [6, 6.07) is 0.155. The summed E-state index contributed by atoms with van der Waals surface area (Å²) < 4.78 is 4.95. The Bertz CT molecular complexity index is 361. The molecule has 1 saturated heterocycles. The average Bonchev–Trinajstić information content (AvgIpc) is 2.84. The normalized spacial score (nSPS) is 20.9. The third-order valence-corrected chi connectivity index (χ3v) is 2.85. The number of aromatic nitrogens is 1. The van der Waals surface area contributed by atoms with Crippen molar-refractivity contribution in [1.82, 2.24) is 10.1 Å². The summed E-state index contributed by atoms with van der Waals surface area (Å²) in [7, 11) is 0. The highest BCUT2D eigenvalue weighted by atomic mass is 16.5. The van der Waals surface area contributed by atoms with E-state index in [0.717, 1.165) is 24.9 Å². The number of aryl methyl sites for hydroxylation is 1. The maximum Gasteiger partial charge on any atom is 0.293 e. The smallest absolute Gasteiger partial charge is 0.293 e. The van der Waals surface area contributed by atoms with Gasteiger partial charge in [0.1, 0.15) is 0 Å². The SMILES string of the molecule is Cc1cnoc1C(=O)N1CCCC1CN. The summed E-state index contributed by atoms with van der Waals surface area (Å²) >= 11 is 0. The second-order valence-corrected chi connectivity index (χ2v) is 3.87. The van der Waals surface area contributed by atoms with E-state index in [-0.39, 0.29) is 11.9 Å². The van der Waals surface area contributed by atoms with Gasteiger partial charge >= 0.3 is 0 Å². The Hall–Kier alpha value is -1.36. The summed E-state index contributed by atoms with van der Waals surface area (Å²) in [5.41, 5.74) is 6.39. The monoisotopic (exact) mass is 209 g/mol. The molecule has 1 aliphatic rings. The molecule has 5 heteroatoms. The maximum atomic E-state index is 12.0. The molecule has 2 heterocycles. The Morgan fingerprint density at radius 2 is 2.60 bits per heavy atom. The number of hydrogen-bond acceptors (Lipinski definition) is 4. The number of carbonyl (C=O) groups is 1. The molecule has 1 aromatic heterocycles. The molecule has 1 aliphatic heterocycles. The van der Waals surface area contributed by atoms with Crippen LogP contribution in [0.2, 0.25) is 0 Å². The van der Waals surface area contributed by atoms with Gasteiger partial charge in [-0.2, -0.15) is 0 Å². The lowest BCUT2D eigenvalue weighted by atomic mass is 10.2. The molecule has 1 amide bonds. The summed E-state index contributed by atoms with van der Waals surface area (Å²) in [6.45, 7) is 3.09. The second-order valence-electron chi connectivity index (χ2n) is 3.87. The van der Waals surface area contributed by atoms with Crippen LogP contribution in [0.1, 0.15) is 29.0 Å². The minimum Gasteiger partial charge on any atom is -0.351 e. The number of carbonyl (C=O) groups excluding carboxylic acids is 1. The van der Waals surface area contributed by atoms with E-state index >= 15 is 0 Å². The van der Waals surface area contributed by atoms with Gasteiger partial charge < -0.3 is 15.2 Å². The van der Waals surface area contributed by atoms with E-state index in [1.54, 1.807) is 11.1 Å². The summed E-state index contributed by atoms with van der Waals surface area (Å²) in [5, 5.41) is 3.61. The molecule has 1 fully saturated rings. The minimum absolute atomic E-state index is 0.0852. The Morgan fingerprint density at radius 1 is 1.80 bits per heavy atom. The molecule has 1 atom stereocenters. The minimum atomic E-state index is -0.0852. The van der Waals surface area contributed by atoms with E-state index in [2.05, 4.69) is 5.16 Å². The molecule has 2 rings (SSSR count). The molecule has 0 aromatic carbocycles. The van der Waals surface area contributed by atoms with Crippen molar-refractivity contribution < 1.29 is 9.32 Å². The molecule has 0 saturated carbocycles. The Morgan fingerprint density at radius 3 is 3.20 bits per heavy atom. The highest BCUT2D eigenvalue weighted by Gasteiger charge is 2.30. The fraction of sp³-hybridized carbons (Fsp3) is 0.600. The van der Waals surface area contributed by atoms with Gasteiger partial charge in [0.2, 0.25) is 5.76 Å². The number of rotatable bonds is 2. The molecule has 0 bridgehead atoms. The molecule has 1 unspecified atom stereocenters. The third kappa shape index (κ3) is 1.74. The first-order valence-corrected chi connectivity index (χ1v) is 5.16. The van der Waals surface area contributed by atoms with E-state index in [1.165, 1.54) is 0 Å². The van der Waals surface area contributed by atoms with Gasteiger partial charge in [0.15, 0.2) is 0 Å². The predicted molar refractivity (Wildman–Crippen MR) is 54.4 cm³/mol. The van der Waals surface area contributed by atoms with Crippen molar-refractivity contribution >= 4 is 5.91 Å². The first kappa shape index (κ1) is 10.2. The van der Waals surface area contributed by atoms with Gasteiger partial charge in [-0.15, -0.1) is 0 Å². The number of likely N-dealkylation sites (tertiary alicyclic amines) is 1. The van der Waals surface area contributed by atoms with Crippen LogP contribution in [0.25, 0.3) is 0 Å². The summed E-state index contributed by atoms with van der Waals surface area (Å²) in [6.07, 6.45) is 3.55. The van der Waals surface area contributed by atoms with E-state index in [1.807, 2.05) is 6.92 Å². The van der Waals surface area contributed by atoms with Crippen molar-refractivity contribution in [3.63, 3.8) is 0 Å². The summed E-state index contributed by atoms with van der Waals surface area (Å²) in [5.74, 6) is 0.258. The molecule has 0 spiro atoms. The predicted octanol–water partition coefficient (Wildman–Crippen LogP) is 0.546. The van der Waals surface area contributed by atoms with Crippen molar-refractivity contribution in [1.29, 1.82) is 0 Å². The number of nitrogens with zero attached hydrogens (tertiary/aromatic N) is 2. The topological polar surface area (TPSA) is 72.4 Å². The van der Waals surface area contributed by atoms with Crippen LogP contribution in [-0.4, -0.2) is 35.1 Å². The fourth-order valence-electron chi connectivity index (χ4n) is 1.98. The van der Waals surface area contributed by atoms with Crippen molar-refractivity contribution in [2.75, 3.05) is 13.1 Å². The van der Waals surface area contributed by atoms with Gasteiger partial charge in [-0.3, -0.25) is 4.79 Å². The number of hydrogen-bond donors (Lipinski definition) is 1. The van der Waals surface area contributed by atoms with Crippen LogP contribution < -0.4 is 5.73 Å². The van der Waals surface area contributed by atoms with Crippen LogP contribution >= 0.6 is 0 Å². The van der Waals surface area contributed by atoms with E-state index < -0.39 is 0 Å². The van der Waals surface area contributed by atoms with E-state index in [9.17, 15) is 4.79 Å². The standard InChI is InChI=1S/C10H15N3O2/c1-7-6-12-15-9(7)10(14)13-4-2-3-8(13)5-11/h6,8H,2-5,11H2,1H3. The molecular formula is C10H15N3O2. The zero-order chi connectivity index (χ0) is 10.8. The van der Waals surface area contributed by atoms with Gasteiger partial charge in [0.05, 0.1) is 6.20 Å². The van der Waals surface area contributed by atoms with Gasteiger partial charge in [-0.25, -0.2) is 0 Å². The Kier molecular flexibility index (Phi) is 2.73. The molecule has 0 aliphatic carbocycles. The van der Waals surface area contributed by atoms with Crippen molar-refractivity contribution in [2.24, 2.45) is 5.73 Å². The zero-order valence-corrected chi connectivity index (χ0v) is 8.77. The first-order valence-electron chi connectivity index (χ1n) is 5.16. The van der Waals surface area contributed by atoms with Crippen LogP contribution in [0.3, 0.4) is 0 Å². The highest BCUT2D eigenvalue weighted by Crippen LogP contribution is 2.20. The Balaban J connectivity index is 2.18. The van der Waals surface area contributed by atoms with Crippen LogP contribution in [0.15, 0.2) is 10.7 Å². The van der Waals surface area contributed by atoms with Gasteiger partial charge in [-0.1, -0.05) is 5.16 Å².